The third-order valence-corrected chi connectivity index (χ3v) is 6.82. The lowest BCUT2D eigenvalue weighted by atomic mass is 9.86. The number of nitrogens with zero attached hydrogens (tertiary/aromatic N) is 2. The highest BCUT2D eigenvalue weighted by Crippen LogP contribution is 2.29. The van der Waals surface area contributed by atoms with Crippen molar-refractivity contribution in [2.45, 2.75) is 65.3 Å². The van der Waals surface area contributed by atoms with Crippen molar-refractivity contribution in [3.8, 4) is 10.4 Å². The minimum Gasteiger partial charge on any atom is -0.391 e. The maximum absolute atomic E-state index is 13.0. The van der Waals surface area contributed by atoms with Crippen molar-refractivity contribution in [3.63, 3.8) is 0 Å². The van der Waals surface area contributed by atoms with Crippen LogP contribution in [0.25, 0.3) is 10.4 Å². The first-order valence-corrected chi connectivity index (χ1v) is 11.4. The molecule has 1 aliphatic heterocycles. The molecule has 2 unspecified atom stereocenters. The molecule has 0 aliphatic carbocycles. The molecule has 7 nitrogen and oxygen atoms in total. The van der Waals surface area contributed by atoms with Crippen molar-refractivity contribution in [1.29, 1.82) is 0 Å². The van der Waals surface area contributed by atoms with Gasteiger partial charge in [0.2, 0.25) is 11.8 Å². The summed E-state index contributed by atoms with van der Waals surface area (Å²) in [6, 6.07) is 6.32. The first-order valence-electron chi connectivity index (χ1n) is 10.5. The number of thiazole rings is 1. The van der Waals surface area contributed by atoms with Gasteiger partial charge in [-0.1, -0.05) is 45.0 Å². The van der Waals surface area contributed by atoms with E-state index in [2.05, 4.69) is 10.3 Å². The molecule has 1 aromatic heterocycles. The molecule has 4 N–H and O–H groups in total. The number of amides is 2. The molecule has 2 aromatic rings. The topological polar surface area (TPSA) is 109 Å². The number of aryl methyl sites for hydroxylation is 1. The van der Waals surface area contributed by atoms with Crippen LogP contribution in [-0.4, -0.2) is 51.5 Å². The van der Waals surface area contributed by atoms with Gasteiger partial charge >= 0.3 is 0 Å². The van der Waals surface area contributed by atoms with E-state index in [-0.39, 0.29) is 30.8 Å². The highest BCUT2D eigenvalue weighted by atomic mass is 32.1. The number of rotatable bonds is 5. The maximum Gasteiger partial charge on any atom is 0.243 e. The number of likely N-dealkylation sites (tertiary alicyclic amines) is 1. The molecule has 1 aliphatic rings. The van der Waals surface area contributed by atoms with Crippen LogP contribution in [0.4, 0.5) is 0 Å². The standard InChI is InChI=1S/C23H32N4O3S/c1-13(15-6-8-16(9-7-15)19-14(2)25-12-31-19)26-21(29)18-10-17(28)11-27(18)22(30)20(24)23(3,4)5/h6-9,12-13,17-18,20,28H,10-11,24H2,1-5H3,(H,26,29)/t13?,17-,18-,20?/m1/s1. The van der Waals surface area contributed by atoms with Gasteiger partial charge in [-0.3, -0.25) is 9.59 Å². The molecule has 1 saturated heterocycles. The molecule has 0 spiro atoms. The second-order valence-electron chi connectivity index (χ2n) is 9.36. The molecule has 0 saturated carbocycles. The molecule has 2 heterocycles. The Morgan fingerprint density at radius 1 is 1.29 bits per heavy atom. The van der Waals surface area contributed by atoms with Crippen molar-refractivity contribution >= 4 is 23.2 Å². The van der Waals surface area contributed by atoms with Crippen molar-refractivity contribution in [1.82, 2.24) is 15.2 Å². The first-order chi connectivity index (χ1) is 14.5. The number of nitrogens with two attached hydrogens (primary N) is 1. The molecule has 2 amide bonds. The number of aliphatic hydroxyl groups is 1. The van der Waals surface area contributed by atoms with Gasteiger partial charge in [0, 0.05) is 13.0 Å². The maximum atomic E-state index is 13.0. The van der Waals surface area contributed by atoms with Gasteiger partial charge in [-0.05, 0) is 30.4 Å². The zero-order valence-corrected chi connectivity index (χ0v) is 19.6. The van der Waals surface area contributed by atoms with Crippen LogP contribution >= 0.6 is 11.3 Å². The second-order valence-corrected chi connectivity index (χ2v) is 10.2. The van der Waals surface area contributed by atoms with E-state index in [9.17, 15) is 14.7 Å². The molecule has 1 fully saturated rings. The van der Waals surface area contributed by atoms with Gasteiger partial charge in [0.15, 0.2) is 0 Å². The fraction of sp³-hybridized carbons (Fsp3) is 0.522. The Bertz CT molecular complexity index is 935. The fourth-order valence-corrected chi connectivity index (χ4v) is 4.56. The molecular formula is C23H32N4O3S. The summed E-state index contributed by atoms with van der Waals surface area (Å²) in [5.74, 6) is -0.581. The summed E-state index contributed by atoms with van der Waals surface area (Å²) in [5.41, 5.74) is 10.6. The fourth-order valence-electron chi connectivity index (χ4n) is 3.75. The molecule has 0 radical (unpaired) electrons. The predicted octanol–water partition coefficient (Wildman–Crippen LogP) is 2.63. The Labute approximate surface area is 187 Å². The number of carbonyl (C=O) groups is 2. The van der Waals surface area contributed by atoms with Gasteiger partial charge in [0.05, 0.1) is 34.3 Å². The number of hydrogen-bond donors (Lipinski definition) is 3. The summed E-state index contributed by atoms with van der Waals surface area (Å²) in [4.78, 5) is 32.7. The summed E-state index contributed by atoms with van der Waals surface area (Å²) >= 11 is 1.60. The van der Waals surface area contributed by atoms with E-state index >= 15 is 0 Å². The molecule has 8 heteroatoms. The Balaban J connectivity index is 1.69. The third-order valence-electron chi connectivity index (χ3n) is 5.84. The summed E-state index contributed by atoms with van der Waals surface area (Å²) in [6.07, 6.45) is -0.519. The molecule has 3 rings (SSSR count). The van der Waals surface area contributed by atoms with Crippen LogP contribution in [0.3, 0.4) is 0 Å². The van der Waals surface area contributed by atoms with Gasteiger partial charge < -0.3 is 21.1 Å². The number of β-amino-alcohol motifs (C(OH)–C–C–N with tert-alkyl or cyclic N) is 1. The van der Waals surface area contributed by atoms with Crippen LogP contribution in [0.5, 0.6) is 0 Å². The molecule has 4 atom stereocenters. The van der Waals surface area contributed by atoms with Crippen LogP contribution in [0.15, 0.2) is 29.8 Å². The zero-order chi connectivity index (χ0) is 22.9. The van der Waals surface area contributed by atoms with Crippen molar-refractivity contribution < 1.29 is 14.7 Å². The van der Waals surface area contributed by atoms with Crippen molar-refractivity contribution in [2.24, 2.45) is 11.1 Å². The second kappa shape index (κ2) is 9.06. The average molecular weight is 445 g/mol. The number of benzene rings is 1. The number of aliphatic hydroxyl groups excluding tert-OH is 1. The lowest BCUT2D eigenvalue weighted by molar-refractivity contribution is -0.141. The van der Waals surface area contributed by atoms with Crippen LogP contribution in [0.1, 0.15) is 51.4 Å². The number of carbonyl (C=O) groups excluding carboxylic acids is 2. The normalized spacial score (nSPS) is 21.1. The molecule has 31 heavy (non-hydrogen) atoms. The van der Waals surface area contributed by atoms with Gasteiger partial charge in [-0.25, -0.2) is 4.98 Å². The van der Waals surface area contributed by atoms with E-state index in [0.29, 0.717) is 0 Å². The van der Waals surface area contributed by atoms with Crippen molar-refractivity contribution in [2.75, 3.05) is 6.54 Å². The SMILES string of the molecule is Cc1ncsc1-c1ccc(C(C)NC(=O)[C@H]2C[C@@H](O)CN2C(=O)C(N)C(C)(C)C)cc1. The monoisotopic (exact) mass is 444 g/mol. The van der Waals surface area contributed by atoms with Crippen LogP contribution in [0, 0.1) is 12.3 Å². The third kappa shape index (κ3) is 5.14. The van der Waals surface area contributed by atoms with Crippen LogP contribution in [-0.2, 0) is 9.59 Å². The van der Waals surface area contributed by atoms with Gasteiger partial charge in [0.1, 0.15) is 6.04 Å². The van der Waals surface area contributed by atoms with Crippen LogP contribution in [0.2, 0.25) is 0 Å². The summed E-state index contributed by atoms with van der Waals surface area (Å²) in [7, 11) is 0. The van der Waals surface area contributed by atoms with Gasteiger partial charge in [-0.15, -0.1) is 11.3 Å². The van der Waals surface area contributed by atoms with Crippen molar-refractivity contribution in [3.05, 3.63) is 41.0 Å². The van der Waals surface area contributed by atoms with E-state index < -0.39 is 23.6 Å². The summed E-state index contributed by atoms with van der Waals surface area (Å²) < 4.78 is 0. The highest BCUT2D eigenvalue weighted by molar-refractivity contribution is 7.13. The Morgan fingerprint density at radius 2 is 1.94 bits per heavy atom. The molecular weight excluding hydrogens is 412 g/mol. The predicted molar refractivity (Wildman–Crippen MR) is 122 cm³/mol. The Morgan fingerprint density at radius 3 is 2.48 bits per heavy atom. The molecule has 0 bridgehead atoms. The van der Waals surface area contributed by atoms with E-state index in [1.54, 1.807) is 11.3 Å². The van der Waals surface area contributed by atoms with E-state index in [0.717, 1.165) is 21.7 Å². The Hall–Kier alpha value is -2.29. The lowest BCUT2D eigenvalue weighted by Crippen LogP contribution is -2.55. The number of hydrogen-bond acceptors (Lipinski definition) is 6. The summed E-state index contributed by atoms with van der Waals surface area (Å²) in [6.45, 7) is 9.67. The summed E-state index contributed by atoms with van der Waals surface area (Å²) in [5, 5.41) is 13.1. The Kier molecular flexibility index (Phi) is 6.83. The average Bonchev–Trinajstić information content (AvgIpc) is 3.31. The lowest BCUT2D eigenvalue weighted by Gasteiger charge is -2.32. The van der Waals surface area contributed by atoms with Gasteiger partial charge in [-0.2, -0.15) is 0 Å². The van der Waals surface area contributed by atoms with E-state index in [1.165, 1.54) is 4.90 Å². The minimum atomic E-state index is -0.742. The van der Waals surface area contributed by atoms with E-state index in [4.69, 9.17) is 5.73 Å². The van der Waals surface area contributed by atoms with E-state index in [1.807, 2.05) is 64.4 Å². The zero-order valence-electron chi connectivity index (χ0n) is 18.8. The minimum absolute atomic E-state index is 0.123. The largest absolute Gasteiger partial charge is 0.391 e. The smallest absolute Gasteiger partial charge is 0.243 e. The molecule has 1 aromatic carbocycles. The van der Waals surface area contributed by atoms with Crippen LogP contribution < -0.4 is 11.1 Å². The quantitative estimate of drug-likeness (QED) is 0.657. The number of nitrogens with one attached hydrogen (secondary N) is 1. The highest BCUT2D eigenvalue weighted by Gasteiger charge is 2.42. The first kappa shape index (κ1) is 23.4. The number of aromatic nitrogens is 1. The molecule has 168 valence electrons. The van der Waals surface area contributed by atoms with Gasteiger partial charge in [0.25, 0.3) is 0 Å².